The SMILES string of the molecule is CC#CC#CC#CCON(CC(C)(C)O)C(=O)OC(C)(C)C. The molecule has 1 amide bonds. The summed E-state index contributed by atoms with van der Waals surface area (Å²) in [7, 11) is 0. The lowest BCUT2D eigenvalue weighted by molar-refractivity contribution is -0.160. The second-order valence-electron chi connectivity index (χ2n) is 6.03. The highest BCUT2D eigenvalue weighted by Gasteiger charge is 2.27. The van der Waals surface area contributed by atoms with E-state index in [0.29, 0.717) is 0 Å². The third-order valence-electron chi connectivity index (χ3n) is 1.82. The van der Waals surface area contributed by atoms with Gasteiger partial charge in [-0.15, -0.1) is 0 Å². The molecule has 0 aromatic carbocycles. The Hall–Kier alpha value is -2.13. The molecule has 0 aromatic rings. The maximum absolute atomic E-state index is 12.0. The third-order valence-corrected chi connectivity index (χ3v) is 1.82. The van der Waals surface area contributed by atoms with E-state index in [-0.39, 0.29) is 13.2 Å². The van der Waals surface area contributed by atoms with E-state index in [2.05, 4.69) is 35.5 Å². The van der Waals surface area contributed by atoms with Crippen LogP contribution < -0.4 is 0 Å². The molecular weight excluding hydrogens is 282 g/mol. The molecule has 5 heteroatoms. The molecule has 0 unspecified atom stereocenters. The largest absolute Gasteiger partial charge is 0.442 e. The Morgan fingerprint density at radius 2 is 1.68 bits per heavy atom. The lowest BCUT2D eigenvalue weighted by atomic mass is 10.1. The van der Waals surface area contributed by atoms with E-state index in [4.69, 9.17) is 9.57 Å². The first-order valence-electron chi connectivity index (χ1n) is 6.80. The van der Waals surface area contributed by atoms with Gasteiger partial charge in [0.05, 0.1) is 12.1 Å². The second kappa shape index (κ2) is 9.00. The van der Waals surface area contributed by atoms with Gasteiger partial charge in [-0.1, -0.05) is 11.8 Å². The van der Waals surface area contributed by atoms with Crippen LogP contribution in [0.4, 0.5) is 4.79 Å². The van der Waals surface area contributed by atoms with Gasteiger partial charge in [-0.3, -0.25) is 4.84 Å². The lowest BCUT2D eigenvalue weighted by Crippen LogP contribution is -2.44. The van der Waals surface area contributed by atoms with Crippen LogP contribution in [0.2, 0.25) is 0 Å². The molecule has 0 aromatic heterocycles. The summed E-state index contributed by atoms with van der Waals surface area (Å²) in [4.78, 5) is 17.3. The van der Waals surface area contributed by atoms with Gasteiger partial charge in [0.1, 0.15) is 12.2 Å². The standard InChI is InChI=1S/C17H23NO4/c1-7-8-9-10-11-12-13-21-18(14-17(5,6)20)15(19)22-16(2,3)4/h20H,13-14H2,1-6H3. The molecule has 0 rings (SSSR count). The zero-order valence-corrected chi connectivity index (χ0v) is 14.0. The predicted octanol–water partition coefficient (Wildman–Crippen LogP) is 1.96. The highest BCUT2D eigenvalue weighted by atomic mass is 16.7. The van der Waals surface area contributed by atoms with E-state index in [1.54, 1.807) is 41.5 Å². The van der Waals surface area contributed by atoms with E-state index in [1.165, 1.54) is 0 Å². The van der Waals surface area contributed by atoms with E-state index in [1.807, 2.05) is 0 Å². The Bertz CT molecular complexity index is 548. The number of carbonyl (C=O) groups excluding carboxylic acids is 1. The van der Waals surface area contributed by atoms with Crippen molar-refractivity contribution in [2.45, 2.75) is 52.7 Å². The second-order valence-corrected chi connectivity index (χ2v) is 6.03. The number of hydroxylamine groups is 2. The summed E-state index contributed by atoms with van der Waals surface area (Å²) in [6, 6.07) is 0. The molecule has 0 aliphatic heterocycles. The van der Waals surface area contributed by atoms with Gasteiger partial charge < -0.3 is 9.84 Å². The summed E-state index contributed by atoms with van der Waals surface area (Å²) in [6.45, 7) is 9.95. The van der Waals surface area contributed by atoms with Crippen LogP contribution in [-0.4, -0.2) is 40.6 Å². The Kier molecular flexibility index (Phi) is 8.13. The molecule has 1 N–H and O–H groups in total. The van der Waals surface area contributed by atoms with E-state index in [9.17, 15) is 9.90 Å². The maximum Gasteiger partial charge on any atom is 0.434 e. The summed E-state index contributed by atoms with van der Waals surface area (Å²) in [5.41, 5.74) is -1.78. The molecule has 0 aliphatic rings. The van der Waals surface area contributed by atoms with Crippen molar-refractivity contribution in [1.29, 1.82) is 0 Å². The van der Waals surface area contributed by atoms with Crippen LogP contribution in [0.3, 0.4) is 0 Å². The average Bonchev–Trinajstić information content (AvgIpc) is 2.32. The van der Waals surface area contributed by atoms with Crippen molar-refractivity contribution in [3.8, 4) is 35.5 Å². The van der Waals surface area contributed by atoms with Crippen molar-refractivity contribution in [2.75, 3.05) is 13.2 Å². The van der Waals surface area contributed by atoms with Gasteiger partial charge in [-0.05, 0) is 65.2 Å². The van der Waals surface area contributed by atoms with Gasteiger partial charge in [-0.25, -0.2) is 4.79 Å². The van der Waals surface area contributed by atoms with Gasteiger partial charge in [0.25, 0.3) is 0 Å². The first-order valence-corrected chi connectivity index (χ1v) is 6.80. The highest BCUT2D eigenvalue weighted by Crippen LogP contribution is 2.13. The number of carbonyl (C=O) groups is 1. The maximum atomic E-state index is 12.0. The fraction of sp³-hybridized carbons (Fsp3) is 0.588. The van der Waals surface area contributed by atoms with E-state index < -0.39 is 17.3 Å². The van der Waals surface area contributed by atoms with Crippen molar-refractivity contribution >= 4 is 6.09 Å². The minimum Gasteiger partial charge on any atom is -0.442 e. The first kappa shape index (κ1) is 19.9. The molecule has 22 heavy (non-hydrogen) atoms. The van der Waals surface area contributed by atoms with Gasteiger partial charge in [0, 0.05) is 0 Å². The van der Waals surface area contributed by atoms with E-state index >= 15 is 0 Å². The van der Waals surface area contributed by atoms with Crippen molar-refractivity contribution in [3.63, 3.8) is 0 Å². The van der Waals surface area contributed by atoms with Crippen molar-refractivity contribution in [2.24, 2.45) is 0 Å². The number of nitrogens with zero attached hydrogens (tertiary/aromatic N) is 1. The number of amides is 1. The minimum absolute atomic E-state index is 0.0451. The molecule has 0 aliphatic carbocycles. The molecule has 0 bridgehead atoms. The quantitative estimate of drug-likeness (QED) is 0.637. The average molecular weight is 305 g/mol. The van der Waals surface area contributed by atoms with Crippen molar-refractivity contribution in [3.05, 3.63) is 0 Å². The molecule has 0 saturated heterocycles. The number of ether oxygens (including phenoxy) is 1. The van der Waals surface area contributed by atoms with Crippen LogP contribution in [0, 0.1) is 35.5 Å². The molecule has 0 fully saturated rings. The molecular formula is C17H23NO4. The predicted molar refractivity (Wildman–Crippen MR) is 84.2 cm³/mol. The fourth-order valence-corrected chi connectivity index (χ4v) is 1.14. The smallest absolute Gasteiger partial charge is 0.434 e. The van der Waals surface area contributed by atoms with Crippen LogP contribution in [0.1, 0.15) is 41.5 Å². The number of hydrogen-bond acceptors (Lipinski definition) is 4. The third kappa shape index (κ3) is 11.7. The van der Waals surface area contributed by atoms with Crippen LogP contribution in [0.15, 0.2) is 0 Å². The highest BCUT2D eigenvalue weighted by molar-refractivity contribution is 5.66. The Labute approximate surface area is 132 Å². The zero-order valence-electron chi connectivity index (χ0n) is 14.0. The molecule has 120 valence electrons. The Balaban J connectivity index is 4.71. The molecule has 0 radical (unpaired) electrons. The summed E-state index contributed by atoms with van der Waals surface area (Å²) in [5, 5.41) is 10.8. The topological polar surface area (TPSA) is 59.0 Å². The van der Waals surface area contributed by atoms with Crippen LogP contribution in [0.5, 0.6) is 0 Å². The van der Waals surface area contributed by atoms with Crippen LogP contribution in [-0.2, 0) is 9.57 Å². The van der Waals surface area contributed by atoms with Crippen molar-refractivity contribution < 1.29 is 19.5 Å². The Morgan fingerprint density at radius 1 is 1.09 bits per heavy atom. The summed E-state index contributed by atoms with van der Waals surface area (Å²) >= 11 is 0. The minimum atomic E-state index is -1.12. The monoisotopic (exact) mass is 305 g/mol. The lowest BCUT2D eigenvalue weighted by Gasteiger charge is -2.29. The normalized spacial score (nSPS) is 10.1. The zero-order chi connectivity index (χ0) is 17.2. The molecule has 0 saturated carbocycles. The summed E-state index contributed by atoms with van der Waals surface area (Å²) < 4.78 is 5.21. The van der Waals surface area contributed by atoms with E-state index in [0.717, 1.165) is 5.06 Å². The summed E-state index contributed by atoms with van der Waals surface area (Å²) in [6.07, 6.45) is -0.681. The van der Waals surface area contributed by atoms with Gasteiger partial charge in [0.2, 0.25) is 0 Å². The van der Waals surface area contributed by atoms with Crippen LogP contribution in [0.25, 0.3) is 0 Å². The van der Waals surface area contributed by atoms with Crippen LogP contribution >= 0.6 is 0 Å². The first-order chi connectivity index (χ1) is 10.0. The van der Waals surface area contributed by atoms with Crippen molar-refractivity contribution in [1.82, 2.24) is 5.06 Å². The fourth-order valence-electron chi connectivity index (χ4n) is 1.14. The summed E-state index contributed by atoms with van der Waals surface area (Å²) in [5.74, 6) is 15.4. The Morgan fingerprint density at radius 3 is 2.18 bits per heavy atom. The molecule has 0 atom stereocenters. The van der Waals surface area contributed by atoms with Gasteiger partial charge in [-0.2, -0.15) is 5.06 Å². The van der Waals surface area contributed by atoms with Gasteiger partial charge in [0.15, 0.2) is 0 Å². The number of aliphatic hydroxyl groups is 1. The molecule has 0 spiro atoms. The number of rotatable bonds is 4. The molecule has 5 nitrogen and oxygen atoms in total. The van der Waals surface area contributed by atoms with Gasteiger partial charge >= 0.3 is 6.09 Å². The number of hydrogen-bond donors (Lipinski definition) is 1. The molecule has 0 heterocycles.